The number of fused-ring (bicyclic) bond motifs is 1. The number of rotatable bonds is 3. The lowest BCUT2D eigenvalue weighted by molar-refractivity contribution is -0.116. The zero-order valence-corrected chi connectivity index (χ0v) is 12.5. The van der Waals surface area contributed by atoms with E-state index in [0.717, 1.165) is 22.4 Å². The summed E-state index contributed by atoms with van der Waals surface area (Å²) in [6.45, 7) is 2.54. The SMILES string of the molecule is Cc1ccc2c(c1)C/C(=C\C=O)C(=O)N2Cc1ccccc1. The molecule has 0 atom stereocenters. The van der Waals surface area contributed by atoms with E-state index in [2.05, 4.69) is 6.07 Å². The van der Waals surface area contributed by atoms with Crippen LogP contribution in [0.1, 0.15) is 16.7 Å². The van der Waals surface area contributed by atoms with Crippen molar-refractivity contribution in [1.29, 1.82) is 0 Å². The van der Waals surface area contributed by atoms with E-state index in [1.807, 2.05) is 49.4 Å². The first-order valence-corrected chi connectivity index (χ1v) is 7.28. The highest BCUT2D eigenvalue weighted by Crippen LogP contribution is 2.32. The fourth-order valence-electron chi connectivity index (χ4n) is 2.82. The van der Waals surface area contributed by atoms with Gasteiger partial charge >= 0.3 is 0 Å². The normalized spacial score (nSPS) is 15.8. The smallest absolute Gasteiger partial charge is 0.254 e. The van der Waals surface area contributed by atoms with E-state index < -0.39 is 0 Å². The van der Waals surface area contributed by atoms with E-state index >= 15 is 0 Å². The summed E-state index contributed by atoms with van der Waals surface area (Å²) in [6, 6.07) is 16.0. The third-order valence-corrected chi connectivity index (χ3v) is 3.88. The molecule has 2 aromatic carbocycles. The van der Waals surface area contributed by atoms with Gasteiger partial charge < -0.3 is 4.90 Å². The first-order valence-electron chi connectivity index (χ1n) is 7.28. The van der Waals surface area contributed by atoms with E-state index in [4.69, 9.17) is 0 Å². The summed E-state index contributed by atoms with van der Waals surface area (Å²) in [5.74, 6) is -0.0905. The van der Waals surface area contributed by atoms with Crippen LogP contribution in [0.2, 0.25) is 0 Å². The van der Waals surface area contributed by atoms with Crippen LogP contribution in [0.3, 0.4) is 0 Å². The molecule has 1 heterocycles. The van der Waals surface area contributed by atoms with Crippen molar-refractivity contribution >= 4 is 17.9 Å². The van der Waals surface area contributed by atoms with Crippen molar-refractivity contribution in [2.45, 2.75) is 19.9 Å². The first kappa shape index (κ1) is 14.3. The van der Waals surface area contributed by atoms with Gasteiger partial charge in [0, 0.05) is 17.7 Å². The molecule has 0 aliphatic carbocycles. The van der Waals surface area contributed by atoms with Crippen molar-refractivity contribution in [3.05, 3.63) is 76.9 Å². The first-order chi connectivity index (χ1) is 10.7. The fourth-order valence-corrected chi connectivity index (χ4v) is 2.82. The maximum atomic E-state index is 12.7. The summed E-state index contributed by atoms with van der Waals surface area (Å²) < 4.78 is 0. The van der Waals surface area contributed by atoms with Crippen LogP contribution in [-0.2, 0) is 22.6 Å². The molecular formula is C19H17NO2. The van der Waals surface area contributed by atoms with Crippen LogP contribution < -0.4 is 4.90 Å². The monoisotopic (exact) mass is 291 g/mol. The van der Waals surface area contributed by atoms with Crippen molar-refractivity contribution in [2.75, 3.05) is 4.90 Å². The van der Waals surface area contributed by atoms with Crippen LogP contribution in [0.5, 0.6) is 0 Å². The highest BCUT2D eigenvalue weighted by atomic mass is 16.2. The van der Waals surface area contributed by atoms with Gasteiger partial charge in [-0.2, -0.15) is 0 Å². The number of aryl methyl sites for hydroxylation is 1. The van der Waals surface area contributed by atoms with Crippen LogP contribution in [0.4, 0.5) is 5.69 Å². The standard InChI is InChI=1S/C19H17NO2/c1-14-7-8-18-17(11-14)12-16(9-10-21)19(22)20(18)13-15-5-3-2-4-6-15/h2-11H,12-13H2,1H3/b16-9+. The second-order valence-electron chi connectivity index (χ2n) is 5.51. The number of benzene rings is 2. The Balaban J connectivity index is 2.04. The van der Waals surface area contributed by atoms with Crippen molar-refractivity contribution in [2.24, 2.45) is 0 Å². The summed E-state index contributed by atoms with van der Waals surface area (Å²) in [5, 5.41) is 0. The molecule has 1 aliphatic heterocycles. The van der Waals surface area contributed by atoms with E-state index in [1.54, 1.807) is 4.90 Å². The Labute approximate surface area is 129 Å². The molecule has 22 heavy (non-hydrogen) atoms. The average Bonchev–Trinajstić information content (AvgIpc) is 2.52. The van der Waals surface area contributed by atoms with Gasteiger partial charge in [-0.15, -0.1) is 0 Å². The summed E-state index contributed by atoms with van der Waals surface area (Å²) in [4.78, 5) is 25.2. The molecule has 3 rings (SSSR count). The molecule has 0 radical (unpaired) electrons. The quantitative estimate of drug-likeness (QED) is 0.643. The second-order valence-corrected chi connectivity index (χ2v) is 5.51. The highest BCUT2D eigenvalue weighted by molar-refractivity contribution is 6.10. The molecular weight excluding hydrogens is 274 g/mol. The van der Waals surface area contributed by atoms with Gasteiger partial charge in [0.2, 0.25) is 0 Å². The predicted octanol–water partition coefficient (Wildman–Crippen LogP) is 3.21. The molecule has 0 spiro atoms. The van der Waals surface area contributed by atoms with Gasteiger partial charge in [0.25, 0.3) is 5.91 Å². The van der Waals surface area contributed by atoms with Crippen molar-refractivity contribution in [1.82, 2.24) is 0 Å². The lowest BCUT2D eigenvalue weighted by Crippen LogP contribution is -2.36. The van der Waals surface area contributed by atoms with Gasteiger partial charge in [0.1, 0.15) is 6.29 Å². The summed E-state index contributed by atoms with van der Waals surface area (Å²) in [7, 11) is 0. The molecule has 0 saturated carbocycles. The van der Waals surface area contributed by atoms with Crippen molar-refractivity contribution in [3.63, 3.8) is 0 Å². The third-order valence-electron chi connectivity index (χ3n) is 3.88. The zero-order valence-electron chi connectivity index (χ0n) is 12.5. The molecule has 1 aliphatic rings. The van der Waals surface area contributed by atoms with Crippen LogP contribution in [0.25, 0.3) is 0 Å². The molecule has 3 nitrogen and oxygen atoms in total. The maximum Gasteiger partial charge on any atom is 0.254 e. The predicted molar refractivity (Wildman–Crippen MR) is 86.7 cm³/mol. The Morgan fingerprint density at radius 3 is 2.64 bits per heavy atom. The Hall–Kier alpha value is -2.68. The topological polar surface area (TPSA) is 37.4 Å². The minimum Gasteiger partial charge on any atom is -0.304 e. The molecule has 110 valence electrons. The third kappa shape index (κ3) is 2.70. The van der Waals surface area contributed by atoms with E-state index in [1.165, 1.54) is 6.08 Å². The lowest BCUT2D eigenvalue weighted by Gasteiger charge is -2.31. The van der Waals surface area contributed by atoms with Gasteiger partial charge in [-0.3, -0.25) is 9.59 Å². The van der Waals surface area contributed by atoms with Gasteiger partial charge in [0.05, 0.1) is 6.54 Å². The number of anilines is 1. The molecule has 2 aromatic rings. The fraction of sp³-hybridized carbons (Fsp3) is 0.158. The lowest BCUT2D eigenvalue weighted by atomic mass is 9.94. The second kappa shape index (κ2) is 5.98. The van der Waals surface area contributed by atoms with E-state index in [-0.39, 0.29) is 5.91 Å². The van der Waals surface area contributed by atoms with E-state index in [9.17, 15) is 9.59 Å². The van der Waals surface area contributed by atoms with Crippen LogP contribution in [0, 0.1) is 6.92 Å². The number of nitrogens with zero attached hydrogens (tertiary/aromatic N) is 1. The maximum absolute atomic E-state index is 12.7. The molecule has 3 heteroatoms. The van der Waals surface area contributed by atoms with Crippen LogP contribution in [0.15, 0.2) is 60.2 Å². The van der Waals surface area contributed by atoms with Crippen molar-refractivity contribution < 1.29 is 9.59 Å². The Bertz CT molecular complexity index is 747. The molecule has 0 unspecified atom stereocenters. The highest BCUT2D eigenvalue weighted by Gasteiger charge is 2.28. The van der Waals surface area contributed by atoms with Crippen LogP contribution >= 0.6 is 0 Å². The number of carbonyl (C=O) groups excluding carboxylic acids is 2. The molecule has 0 aromatic heterocycles. The Kier molecular flexibility index (Phi) is 3.88. The van der Waals surface area contributed by atoms with E-state index in [0.29, 0.717) is 24.8 Å². The Morgan fingerprint density at radius 2 is 1.91 bits per heavy atom. The number of amides is 1. The molecule has 0 bridgehead atoms. The number of aldehydes is 1. The number of allylic oxidation sites excluding steroid dienone is 1. The van der Waals surface area contributed by atoms with Crippen molar-refractivity contribution in [3.8, 4) is 0 Å². The zero-order chi connectivity index (χ0) is 15.5. The largest absolute Gasteiger partial charge is 0.304 e. The number of hydrogen-bond donors (Lipinski definition) is 0. The Morgan fingerprint density at radius 1 is 1.14 bits per heavy atom. The minimum atomic E-state index is -0.0905. The molecule has 0 N–H and O–H groups in total. The minimum absolute atomic E-state index is 0.0905. The van der Waals surface area contributed by atoms with Gasteiger partial charge in [0.15, 0.2) is 0 Å². The van der Waals surface area contributed by atoms with Crippen LogP contribution in [-0.4, -0.2) is 12.2 Å². The molecule has 1 amide bonds. The average molecular weight is 291 g/mol. The molecule has 0 fully saturated rings. The summed E-state index contributed by atoms with van der Waals surface area (Å²) in [5.41, 5.74) is 4.78. The number of carbonyl (C=O) groups is 2. The van der Waals surface area contributed by atoms with Gasteiger partial charge in [-0.05, 0) is 30.2 Å². The van der Waals surface area contributed by atoms with Gasteiger partial charge in [-0.25, -0.2) is 0 Å². The molecule has 0 saturated heterocycles. The number of hydrogen-bond acceptors (Lipinski definition) is 2. The summed E-state index contributed by atoms with van der Waals surface area (Å²) >= 11 is 0. The summed E-state index contributed by atoms with van der Waals surface area (Å²) in [6.07, 6.45) is 2.58. The van der Waals surface area contributed by atoms with Gasteiger partial charge in [-0.1, -0.05) is 48.0 Å².